The highest BCUT2D eigenvalue weighted by Crippen LogP contribution is 2.27. The Bertz CT molecular complexity index is 731. The molecule has 6 nitrogen and oxygen atoms in total. The number of nitro groups is 1. The molecule has 0 bridgehead atoms. The van der Waals surface area contributed by atoms with Gasteiger partial charge in [-0.25, -0.2) is 4.39 Å². The van der Waals surface area contributed by atoms with Crippen LogP contribution in [0.5, 0.6) is 0 Å². The first-order chi connectivity index (χ1) is 9.90. The Morgan fingerprint density at radius 2 is 2.05 bits per heavy atom. The molecule has 7 heteroatoms. The molecule has 2 aromatic carbocycles. The number of para-hydroxylation sites is 1. The zero-order valence-corrected chi connectivity index (χ0v) is 11.1. The number of carbonyl (C=O) groups excluding carboxylic acids is 1. The van der Waals surface area contributed by atoms with E-state index >= 15 is 0 Å². The van der Waals surface area contributed by atoms with E-state index < -0.39 is 22.3 Å². The van der Waals surface area contributed by atoms with E-state index in [0.29, 0.717) is 0 Å². The molecule has 1 amide bonds. The number of carbonyl (C=O) groups is 1. The second-order valence-electron chi connectivity index (χ2n) is 4.44. The van der Waals surface area contributed by atoms with E-state index in [1.54, 1.807) is 13.0 Å². The average Bonchev–Trinajstić information content (AvgIpc) is 2.42. The van der Waals surface area contributed by atoms with E-state index in [1.807, 2.05) is 0 Å². The smallest absolute Gasteiger partial charge is 0.304 e. The van der Waals surface area contributed by atoms with Crippen LogP contribution in [0.2, 0.25) is 0 Å². The lowest BCUT2D eigenvalue weighted by Gasteiger charge is -2.08. The number of nitrogens with zero attached hydrogens (tertiary/aromatic N) is 1. The van der Waals surface area contributed by atoms with Crippen LogP contribution in [0.3, 0.4) is 0 Å². The van der Waals surface area contributed by atoms with Gasteiger partial charge in [0, 0.05) is 0 Å². The lowest BCUT2D eigenvalue weighted by molar-refractivity contribution is -0.384. The summed E-state index contributed by atoms with van der Waals surface area (Å²) in [5, 5.41) is 13.3. The highest BCUT2D eigenvalue weighted by atomic mass is 19.1. The largest absolute Gasteiger partial charge is 0.393 e. The van der Waals surface area contributed by atoms with Gasteiger partial charge in [0.2, 0.25) is 0 Å². The average molecular weight is 289 g/mol. The van der Waals surface area contributed by atoms with E-state index in [0.717, 1.165) is 5.56 Å². The Morgan fingerprint density at radius 3 is 2.71 bits per heavy atom. The third kappa shape index (κ3) is 2.97. The molecule has 0 heterocycles. The van der Waals surface area contributed by atoms with Crippen molar-refractivity contribution in [3.8, 4) is 0 Å². The molecule has 0 radical (unpaired) electrons. The fourth-order valence-electron chi connectivity index (χ4n) is 1.87. The van der Waals surface area contributed by atoms with Crippen LogP contribution < -0.4 is 11.1 Å². The SMILES string of the molecule is Cc1ccc(F)c(NC(=O)c2cccc(N)c2[N+](=O)[O-])c1. The Labute approximate surface area is 119 Å². The summed E-state index contributed by atoms with van der Waals surface area (Å²) < 4.78 is 13.6. The number of nitrogens with two attached hydrogens (primary N) is 1. The Balaban J connectivity index is 2.40. The van der Waals surface area contributed by atoms with E-state index in [9.17, 15) is 19.3 Å². The number of hydrogen-bond acceptors (Lipinski definition) is 4. The third-order valence-electron chi connectivity index (χ3n) is 2.86. The van der Waals surface area contributed by atoms with Crippen molar-refractivity contribution in [1.82, 2.24) is 0 Å². The molecule has 3 N–H and O–H groups in total. The maximum atomic E-state index is 13.6. The van der Waals surface area contributed by atoms with E-state index in [2.05, 4.69) is 5.32 Å². The topological polar surface area (TPSA) is 98.3 Å². The van der Waals surface area contributed by atoms with Gasteiger partial charge in [0.1, 0.15) is 17.1 Å². The maximum absolute atomic E-state index is 13.6. The number of hydrogen-bond donors (Lipinski definition) is 2. The second kappa shape index (κ2) is 5.58. The van der Waals surface area contributed by atoms with Gasteiger partial charge in [0.25, 0.3) is 5.91 Å². The van der Waals surface area contributed by atoms with Gasteiger partial charge in [-0.2, -0.15) is 0 Å². The standard InChI is InChI=1S/C14H12FN3O3/c1-8-5-6-10(15)12(7-8)17-14(19)9-3-2-4-11(16)13(9)18(20)21/h2-7H,16H2,1H3,(H,17,19). The minimum atomic E-state index is -0.793. The first-order valence-electron chi connectivity index (χ1n) is 6.00. The number of rotatable bonds is 3. The lowest BCUT2D eigenvalue weighted by Crippen LogP contribution is -2.15. The number of amides is 1. The monoisotopic (exact) mass is 289 g/mol. The Hall–Kier alpha value is -2.96. The van der Waals surface area contributed by atoms with Crippen LogP contribution in [0, 0.1) is 22.9 Å². The van der Waals surface area contributed by atoms with Crippen molar-refractivity contribution in [3.63, 3.8) is 0 Å². The first kappa shape index (κ1) is 14.4. The van der Waals surface area contributed by atoms with Gasteiger partial charge in [-0.3, -0.25) is 14.9 Å². The molecule has 0 aliphatic heterocycles. The minimum absolute atomic E-state index is 0.0447. The molecular weight excluding hydrogens is 277 g/mol. The van der Waals surface area contributed by atoms with Crippen molar-refractivity contribution in [2.45, 2.75) is 6.92 Å². The van der Waals surface area contributed by atoms with Crippen LogP contribution >= 0.6 is 0 Å². The molecule has 0 spiro atoms. The lowest BCUT2D eigenvalue weighted by atomic mass is 10.1. The van der Waals surface area contributed by atoms with Crippen molar-refractivity contribution in [3.05, 3.63) is 63.5 Å². The number of halogens is 1. The van der Waals surface area contributed by atoms with Crippen LogP contribution in [0.1, 0.15) is 15.9 Å². The Morgan fingerprint density at radius 1 is 1.33 bits per heavy atom. The summed E-state index contributed by atoms with van der Waals surface area (Å²) in [6.45, 7) is 1.73. The number of nitrogen functional groups attached to an aromatic ring is 1. The van der Waals surface area contributed by atoms with Gasteiger partial charge < -0.3 is 11.1 Å². The third-order valence-corrected chi connectivity index (χ3v) is 2.86. The summed E-state index contributed by atoms with van der Waals surface area (Å²) in [6.07, 6.45) is 0. The fraction of sp³-hybridized carbons (Fsp3) is 0.0714. The molecule has 0 aliphatic rings. The van der Waals surface area contributed by atoms with Crippen molar-refractivity contribution in [1.29, 1.82) is 0 Å². The fourth-order valence-corrected chi connectivity index (χ4v) is 1.87. The van der Waals surface area contributed by atoms with E-state index in [1.165, 1.54) is 30.3 Å². The molecule has 108 valence electrons. The molecule has 2 aromatic rings. The molecule has 21 heavy (non-hydrogen) atoms. The highest BCUT2D eigenvalue weighted by Gasteiger charge is 2.23. The van der Waals surface area contributed by atoms with Crippen LogP contribution in [-0.4, -0.2) is 10.8 Å². The molecule has 2 rings (SSSR count). The summed E-state index contributed by atoms with van der Waals surface area (Å²) >= 11 is 0. The van der Waals surface area contributed by atoms with E-state index in [4.69, 9.17) is 5.73 Å². The van der Waals surface area contributed by atoms with Gasteiger partial charge in [0.15, 0.2) is 0 Å². The number of anilines is 2. The van der Waals surface area contributed by atoms with Crippen LogP contribution in [0.4, 0.5) is 21.5 Å². The van der Waals surface area contributed by atoms with Crippen molar-refractivity contribution >= 4 is 23.0 Å². The summed E-state index contributed by atoms with van der Waals surface area (Å²) in [6, 6.07) is 8.20. The van der Waals surface area contributed by atoms with Crippen LogP contribution in [0.15, 0.2) is 36.4 Å². The molecule has 0 atom stereocenters. The minimum Gasteiger partial charge on any atom is -0.393 e. The molecule has 0 fully saturated rings. The van der Waals surface area contributed by atoms with Crippen LogP contribution in [0.25, 0.3) is 0 Å². The van der Waals surface area contributed by atoms with Gasteiger partial charge in [0.05, 0.1) is 10.6 Å². The van der Waals surface area contributed by atoms with E-state index in [-0.39, 0.29) is 16.9 Å². The quantitative estimate of drug-likeness (QED) is 0.515. The predicted molar refractivity (Wildman–Crippen MR) is 76.6 cm³/mol. The van der Waals surface area contributed by atoms with Gasteiger partial charge in [-0.15, -0.1) is 0 Å². The summed E-state index contributed by atoms with van der Waals surface area (Å²) in [5.41, 5.74) is 5.37. The zero-order valence-electron chi connectivity index (χ0n) is 11.1. The van der Waals surface area contributed by atoms with Gasteiger partial charge in [-0.1, -0.05) is 12.1 Å². The molecule has 0 saturated heterocycles. The summed E-state index contributed by atoms with van der Waals surface area (Å²) in [7, 11) is 0. The second-order valence-corrected chi connectivity index (χ2v) is 4.44. The van der Waals surface area contributed by atoms with Crippen molar-refractivity contribution < 1.29 is 14.1 Å². The summed E-state index contributed by atoms with van der Waals surface area (Å²) in [4.78, 5) is 22.4. The van der Waals surface area contributed by atoms with Crippen LogP contribution in [-0.2, 0) is 0 Å². The van der Waals surface area contributed by atoms with Crippen molar-refractivity contribution in [2.75, 3.05) is 11.1 Å². The van der Waals surface area contributed by atoms with Gasteiger partial charge in [-0.05, 0) is 36.8 Å². The number of aryl methyl sites for hydroxylation is 1. The Kier molecular flexibility index (Phi) is 3.84. The molecule has 0 aromatic heterocycles. The molecule has 0 aliphatic carbocycles. The first-order valence-corrected chi connectivity index (χ1v) is 6.00. The normalized spacial score (nSPS) is 10.2. The van der Waals surface area contributed by atoms with Gasteiger partial charge >= 0.3 is 5.69 Å². The molecule has 0 saturated carbocycles. The summed E-state index contributed by atoms with van der Waals surface area (Å²) in [5.74, 6) is -1.42. The number of benzene rings is 2. The highest BCUT2D eigenvalue weighted by molar-refractivity contribution is 6.08. The predicted octanol–water partition coefficient (Wildman–Crippen LogP) is 2.88. The van der Waals surface area contributed by atoms with Crippen molar-refractivity contribution in [2.24, 2.45) is 0 Å². The molecule has 0 unspecified atom stereocenters. The zero-order chi connectivity index (χ0) is 15.6. The molecular formula is C14H12FN3O3. The number of nitro benzene ring substituents is 1. The maximum Gasteiger partial charge on any atom is 0.304 e. The number of nitrogens with one attached hydrogen (secondary N) is 1.